The van der Waals surface area contributed by atoms with E-state index in [9.17, 15) is 0 Å². The molecule has 0 heterocycles. The number of nitrogens with zero attached hydrogens (tertiary/aromatic N) is 1. The molecule has 0 aliphatic heterocycles. The summed E-state index contributed by atoms with van der Waals surface area (Å²) < 4.78 is 0. The topological polar surface area (TPSA) is 23.8 Å². The minimum Gasteiger partial charge on any atom is -0.192 e. The van der Waals surface area contributed by atoms with Gasteiger partial charge in [-0.2, -0.15) is 5.26 Å². The van der Waals surface area contributed by atoms with Gasteiger partial charge < -0.3 is 0 Å². The van der Waals surface area contributed by atoms with E-state index in [1.165, 1.54) is 82.6 Å². The maximum Gasteiger partial charge on any atom is 0.0991 e. The molecule has 3 rings (SSSR count). The third-order valence-corrected chi connectivity index (χ3v) is 7.14. The highest BCUT2D eigenvalue weighted by molar-refractivity contribution is 5.51. The van der Waals surface area contributed by atoms with Gasteiger partial charge in [0.25, 0.3) is 0 Å². The Balaban J connectivity index is 1.33. The molecule has 2 fully saturated rings. The van der Waals surface area contributed by atoms with Crippen LogP contribution in [-0.4, -0.2) is 0 Å². The highest BCUT2D eigenvalue weighted by Gasteiger charge is 2.23. The van der Waals surface area contributed by atoms with Gasteiger partial charge in [0.1, 0.15) is 0 Å². The first-order chi connectivity index (χ1) is 13.3. The molecule has 1 aromatic rings. The van der Waals surface area contributed by atoms with E-state index in [-0.39, 0.29) is 0 Å². The zero-order valence-electron chi connectivity index (χ0n) is 17.2. The predicted octanol–water partition coefficient (Wildman–Crippen LogP) is 7.76. The minimum absolute atomic E-state index is 0.742. The maximum absolute atomic E-state index is 8.88. The highest BCUT2D eigenvalue weighted by atomic mass is 14.3. The van der Waals surface area contributed by atoms with Crippen molar-refractivity contribution in [3.63, 3.8) is 0 Å². The molecule has 0 radical (unpaired) electrons. The molecule has 1 aromatic carbocycles. The standard InChI is InChI=1S/C26H37N/c1-2-3-21-4-6-22(7-5-21)8-9-23-10-12-24(13-11-23)14-15-25-16-18-26(20-27)19-17-25/h14-19,21-24H,2-13H2,1H3. The van der Waals surface area contributed by atoms with E-state index in [0.29, 0.717) is 0 Å². The molecular weight excluding hydrogens is 326 g/mol. The number of hydrogen-bond acceptors (Lipinski definition) is 1. The monoisotopic (exact) mass is 363 g/mol. The second-order valence-corrected chi connectivity index (χ2v) is 9.13. The molecule has 0 unspecified atom stereocenters. The zero-order valence-corrected chi connectivity index (χ0v) is 17.2. The van der Waals surface area contributed by atoms with Crippen LogP contribution in [0.4, 0.5) is 0 Å². The molecule has 1 heteroatoms. The summed E-state index contributed by atoms with van der Waals surface area (Å²) in [5.41, 5.74) is 1.96. The van der Waals surface area contributed by atoms with Gasteiger partial charge in [-0.1, -0.05) is 82.6 Å². The fourth-order valence-corrected chi connectivity index (χ4v) is 5.27. The van der Waals surface area contributed by atoms with Crippen molar-refractivity contribution in [2.45, 2.75) is 84.0 Å². The van der Waals surface area contributed by atoms with Crippen LogP contribution in [0.15, 0.2) is 30.3 Å². The molecule has 27 heavy (non-hydrogen) atoms. The van der Waals surface area contributed by atoms with Crippen molar-refractivity contribution < 1.29 is 0 Å². The molecule has 2 saturated carbocycles. The normalized spacial score (nSPS) is 28.9. The SMILES string of the molecule is CCCC1CCC(CCC2CCC(C=Cc3ccc(C#N)cc3)CC2)CC1. The Hall–Kier alpha value is -1.55. The Morgan fingerprint density at radius 2 is 1.33 bits per heavy atom. The van der Waals surface area contributed by atoms with E-state index in [1.54, 1.807) is 0 Å². The number of rotatable bonds is 7. The maximum atomic E-state index is 8.88. The van der Waals surface area contributed by atoms with E-state index >= 15 is 0 Å². The first kappa shape index (κ1) is 20.2. The van der Waals surface area contributed by atoms with Gasteiger partial charge in [0.15, 0.2) is 0 Å². The van der Waals surface area contributed by atoms with Crippen molar-refractivity contribution in [1.29, 1.82) is 5.26 Å². The zero-order chi connectivity index (χ0) is 18.9. The molecule has 0 N–H and O–H groups in total. The van der Waals surface area contributed by atoms with Crippen LogP contribution in [0, 0.1) is 35.0 Å². The lowest BCUT2D eigenvalue weighted by Crippen LogP contribution is -2.17. The summed E-state index contributed by atoms with van der Waals surface area (Å²) in [6.45, 7) is 2.34. The molecule has 2 aliphatic rings. The van der Waals surface area contributed by atoms with Gasteiger partial charge in [-0.25, -0.2) is 0 Å². The van der Waals surface area contributed by atoms with Crippen LogP contribution < -0.4 is 0 Å². The van der Waals surface area contributed by atoms with Crippen LogP contribution in [0.5, 0.6) is 0 Å². The summed E-state index contributed by atoms with van der Waals surface area (Å²) in [5.74, 6) is 3.82. The lowest BCUT2D eigenvalue weighted by molar-refractivity contribution is 0.221. The first-order valence-corrected chi connectivity index (χ1v) is 11.4. The van der Waals surface area contributed by atoms with Crippen molar-refractivity contribution >= 4 is 6.08 Å². The van der Waals surface area contributed by atoms with Crippen LogP contribution in [0.3, 0.4) is 0 Å². The van der Waals surface area contributed by atoms with E-state index in [1.807, 2.05) is 12.1 Å². The Kier molecular flexibility index (Phi) is 8.00. The number of allylic oxidation sites excluding steroid dienone is 1. The molecule has 1 nitrogen and oxygen atoms in total. The third kappa shape index (κ3) is 6.53. The smallest absolute Gasteiger partial charge is 0.0991 e. The highest BCUT2D eigenvalue weighted by Crippen LogP contribution is 2.37. The second kappa shape index (κ2) is 10.7. The van der Waals surface area contributed by atoms with Crippen LogP contribution in [0.2, 0.25) is 0 Å². The van der Waals surface area contributed by atoms with Crippen LogP contribution >= 0.6 is 0 Å². The summed E-state index contributed by atoms with van der Waals surface area (Å²) in [4.78, 5) is 0. The summed E-state index contributed by atoms with van der Waals surface area (Å²) >= 11 is 0. The fraction of sp³-hybridized carbons (Fsp3) is 0.654. The van der Waals surface area contributed by atoms with Gasteiger partial charge in [-0.3, -0.25) is 0 Å². The predicted molar refractivity (Wildman–Crippen MR) is 115 cm³/mol. The van der Waals surface area contributed by atoms with E-state index in [4.69, 9.17) is 5.26 Å². The second-order valence-electron chi connectivity index (χ2n) is 9.13. The van der Waals surface area contributed by atoms with Crippen LogP contribution in [0.1, 0.15) is 95.1 Å². The van der Waals surface area contributed by atoms with Gasteiger partial charge >= 0.3 is 0 Å². The van der Waals surface area contributed by atoms with Crippen molar-refractivity contribution in [1.82, 2.24) is 0 Å². The minimum atomic E-state index is 0.742. The van der Waals surface area contributed by atoms with Crippen LogP contribution in [0.25, 0.3) is 6.08 Å². The van der Waals surface area contributed by atoms with Crippen molar-refractivity contribution in [2.24, 2.45) is 23.7 Å². The molecule has 0 atom stereocenters. The molecular formula is C26H37N. The van der Waals surface area contributed by atoms with E-state index in [2.05, 4.69) is 37.3 Å². The average molecular weight is 364 g/mol. The van der Waals surface area contributed by atoms with Crippen molar-refractivity contribution in [3.05, 3.63) is 41.5 Å². The van der Waals surface area contributed by atoms with Gasteiger partial charge in [0.05, 0.1) is 11.6 Å². The average Bonchev–Trinajstić information content (AvgIpc) is 2.73. The van der Waals surface area contributed by atoms with E-state index < -0.39 is 0 Å². The first-order valence-electron chi connectivity index (χ1n) is 11.4. The number of hydrogen-bond donors (Lipinski definition) is 0. The fourth-order valence-electron chi connectivity index (χ4n) is 5.27. The molecule has 0 amide bonds. The summed E-state index contributed by atoms with van der Waals surface area (Å²) in [6, 6.07) is 10.1. The summed E-state index contributed by atoms with van der Waals surface area (Å²) in [5, 5.41) is 8.88. The number of benzene rings is 1. The summed E-state index contributed by atoms with van der Waals surface area (Å²) in [7, 11) is 0. The third-order valence-electron chi connectivity index (χ3n) is 7.14. The molecule has 0 spiro atoms. The molecule has 0 aromatic heterocycles. The van der Waals surface area contributed by atoms with Crippen LogP contribution in [-0.2, 0) is 0 Å². The molecule has 146 valence electrons. The Morgan fingerprint density at radius 1 is 0.815 bits per heavy atom. The lowest BCUT2D eigenvalue weighted by Gasteiger charge is -2.31. The summed E-state index contributed by atoms with van der Waals surface area (Å²) in [6.07, 6.45) is 22.1. The Morgan fingerprint density at radius 3 is 1.85 bits per heavy atom. The number of nitriles is 1. The molecule has 0 saturated heterocycles. The Labute approximate surface area is 166 Å². The van der Waals surface area contributed by atoms with E-state index in [0.717, 1.165) is 29.2 Å². The lowest BCUT2D eigenvalue weighted by atomic mass is 9.75. The molecule has 2 aliphatic carbocycles. The Bertz CT molecular complexity index is 605. The van der Waals surface area contributed by atoms with Crippen molar-refractivity contribution in [3.8, 4) is 6.07 Å². The van der Waals surface area contributed by atoms with Crippen molar-refractivity contribution in [2.75, 3.05) is 0 Å². The molecule has 0 bridgehead atoms. The quantitative estimate of drug-likeness (QED) is 0.485. The largest absolute Gasteiger partial charge is 0.192 e. The van der Waals surface area contributed by atoms with Gasteiger partial charge in [0.2, 0.25) is 0 Å². The van der Waals surface area contributed by atoms with Gasteiger partial charge in [-0.05, 0) is 67.1 Å². The van der Waals surface area contributed by atoms with Gasteiger partial charge in [-0.15, -0.1) is 0 Å². The van der Waals surface area contributed by atoms with Gasteiger partial charge in [0, 0.05) is 0 Å².